The van der Waals surface area contributed by atoms with E-state index < -0.39 is 26.8 Å². The summed E-state index contributed by atoms with van der Waals surface area (Å²) in [5.74, 6) is -0.573. The van der Waals surface area contributed by atoms with Gasteiger partial charge in [-0.25, -0.2) is 0 Å². The van der Waals surface area contributed by atoms with Gasteiger partial charge in [0.15, 0.2) is 0 Å². The summed E-state index contributed by atoms with van der Waals surface area (Å²) in [6.45, 7) is 21.9. The average Bonchev–Trinajstić information content (AvgIpc) is 2.77. The Kier molecular flexibility index (Phi) is 9.08. The van der Waals surface area contributed by atoms with E-state index in [-0.39, 0.29) is 24.8 Å². The third-order valence-corrected chi connectivity index (χ3v) is 27.2. The molecule has 2 aliphatic rings. The van der Waals surface area contributed by atoms with E-state index in [1.54, 1.807) is 39.0 Å². The fraction of sp³-hybridized carbons (Fsp3) is 0.579. The summed E-state index contributed by atoms with van der Waals surface area (Å²) in [6.07, 6.45) is 1.31. The Morgan fingerprint density at radius 2 is 1.17 bits per heavy atom. The Morgan fingerprint density at radius 1 is 0.739 bits per heavy atom. The van der Waals surface area contributed by atoms with Gasteiger partial charge in [-0.05, 0) is 0 Å². The average molecular weight is 450 g/mol. The summed E-state index contributed by atoms with van der Waals surface area (Å²) in [6, 6.07) is 0. The number of halogens is 2. The van der Waals surface area contributed by atoms with E-state index in [9.17, 15) is 0 Å². The first-order valence-corrected chi connectivity index (χ1v) is 18.1. The van der Waals surface area contributed by atoms with Crippen molar-refractivity contribution in [1.82, 2.24) is 0 Å². The van der Waals surface area contributed by atoms with Gasteiger partial charge in [0.2, 0.25) is 0 Å². The van der Waals surface area contributed by atoms with E-state index in [1.807, 2.05) is 3.28 Å². The van der Waals surface area contributed by atoms with Gasteiger partial charge in [0.25, 0.3) is 0 Å². The number of allylic oxidation sites excluding steroid dienone is 8. The second-order valence-electron chi connectivity index (χ2n) is 7.34. The van der Waals surface area contributed by atoms with Gasteiger partial charge in [-0.2, -0.15) is 0 Å². The second kappa shape index (κ2) is 8.84. The zero-order valence-electron chi connectivity index (χ0n) is 16.1. The van der Waals surface area contributed by atoms with Crippen LogP contribution in [0.15, 0.2) is 42.3 Å². The fourth-order valence-corrected chi connectivity index (χ4v) is 27.2. The molecule has 0 aromatic rings. The summed E-state index contributed by atoms with van der Waals surface area (Å²) in [5.41, 5.74) is 11.6. The first-order valence-electron chi connectivity index (χ1n) is 8.27. The van der Waals surface area contributed by atoms with Crippen LogP contribution in [0.25, 0.3) is 0 Å². The van der Waals surface area contributed by atoms with Gasteiger partial charge in [0.05, 0.1) is 0 Å². The van der Waals surface area contributed by atoms with Crippen molar-refractivity contribution in [3.8, 4) is 0 Å². The first kappa shape index (κ1) is 23.6. The van der Waals surface area contributed by atoms with Gasteiger partial charge < -0.3 is 24.8 Å². The van der Waals surface area contributed by atoms with Crippen LogP contribution in [-0.4, -0.2) is 5.92 Å². The van der Waals surface area contributed by atoms with Crippen LogP contribution in [0.5, 0.6) is 0 Å². The first-order chi connectivity index (χ1) is 9.68. The van der Waals surface area contributed by atoms with Gasteiger partial charge in [-0.3, -0.25) is 0 Å². The third kappa shape index (κ3) is 4.08. The van der Waals surface area contributed by atoms with Gasteiger partial charge in [-0.1, -0.05) is 0 Å². The van der Waals surface area contributed by atoms with Gasteiger partial charge in [0.1, 0.15) is 0 Å². The molecule has 0 aromatic carbocycles. The van der Waals surface area contributed by atoms with Crippen molar-refractivity contribution in [2.75, 3.05) is 0 Å². The molecule has 0 N–H and O–H groups in total. The Morgan fingerprint density at radius 3 is 1.48 bits per heavy atom. The summed E-state index contributed by atoms with van der Waals surface area (Å²) in [5, 5.41) is 0. The summed E-state index contributed by atoms with van der Waals surface area (Å²) in [7, 11) is 0. The van der Waals surface area contributed by atoms with Crippen LogP contribution in [0.3, 0.4) is 0 Å². The SMILES string of the molecule is CC1=C(C)C(C)=[C]([Zr+2]([CH]2C(C)=C(C)C(C)=C2C)[SiH](C)C)C1.[Cl-].[Cl-]. The molecule has 2 rings (SSSR count). The van der Waals surface area contributed by atoms with Crippen LogP contribution in [0, 0.1) is 0 Å². The summed E-state index contributed by atoms with van der Waals surface area (Å²) < 4.78 is 2.84. The Labute approximate surface area is 164 Å². The van der Waals surface area contributed by atoms with E-state index in [4.69, 9.17) is 0 Å². The van der Waals surface area contributed by atoms with Crippen molar-refractivity contribution in [2.24, 2.45) is 0 Å². The summed E-state index contributed by atoms with van der Waals surface area (Å²) in [4.78, 5) is 0. The molecule has 0 unspecified atom stereocenters. The molecule has 0 aliphatic heterocycles. The second-order valence-corrected chi connectivity index (χ2v) is 27.0. The van der Waals surface area contributed by atoms with Crippen molar-refractivity contribution >= 4 is 5.92 Å². The van der Waals surface area contributed by atoms with Crippen LogP contribution in [-0.2, 0) is 20.9 Å². The predicted octanol–water partition coefficient (Wildman–Crippen LogP) is 0.0850. The normalized spacial score (nSPS) is 19.0. The zero-order chi connectivity index (χ0) is 16.1. The molecule has 129 valence electrons. The molecule has 0 atom stereocenters. The Bertz CT molecular complexity index is 585. The van der Waals surface area contributed by atoms with Crippen LogP contribution >= 0.6 is 0 Å². The molecular weight excluding hydrogens is 418 g/mol. The minimum absolute atomic E-state index is 0. The standard InChI is InChI=1S/C9H13.C8H11.C2H7Si.2ClH.Zr/c1-6-5-7(2)9(4)8(6)3;1-6-4-5-7(2)8(6)3;1-3-2;;;/h5H,1-4H3;4H2,1-3H3;3H,1-2H3;2*1H;/q;;;;;+2/p-2. The van der Waals surface area contributed by atoms with Crippen LogP contribution < -0.4 is 24.8 Å². The van der Waals surface area contributed by atoms with Crippen molar-refractivity contribution < 1.29 is 45.7 Å². The molecule has 0 fully saturated rings. The molecule has 0 spiro atoms. The van der Waals surface area contributed by atoms with Gasteiger partial charge in [-0.15, -0.1) is 0 Å². The van der Waals surface area contributed by atoms with Gasteiger partial charge >= 0.3 is 141 Å². The molecule has 0 amide bonds. The van der Waals surface area contributed by atoms with Crippen molar-refractivity contribution in [3.63, 3.8) is 0 Å². The number of rotatable bonds is 3. The minimum Gasteiger partial charge on any atom is -1.00 e. The molecular formula is C19H31Cl2SiZr. The fourth-order valence-electron chi connectivity index (χ4n) is 4.07. The Balaban J connectivity index is 0.00000242. The van der Waals surface area contributed by atoms with Crippen molar-refractivity contribution in [1.29, 1.82) is 0 Å². The van der Waals surface area contributed by atoms with E-state index in [0.29, 0.717) is 0 Å². The minimum atomic E-state index is -1.58. The maximum atomic E-state index is 2.63. The van der Waals surface area contributed by atoms with Gasteiger partial charge in [0, 0.05) is 0 Å². The molecule has 0 aromatic heterocycles. The van der Waals surface area contributed by atoms with Crippen molar-refractivity contribution in [3.05, 3.63) is 42.3 Å². The summed E-state index contributed by atoms with van der Waals surface area (Å²) >= 11 is -1.58. The van der Waals surface area contributed by atoms with E-state index >= 15 is 0 Å². The molecule has 0 nitrogen and oxygen atoms in total. The third-order valence-electron chi connectivity index (χ3n) is 5.99. The van der Waals surface area contributed by atoms with E-state index in [2.05, 4.69) is 61.6 Å². The molecule has 23 heavy (non-hydrogen) atoms. The molecule has 0 radical (unpaired) electrons. The number of hydrogen-bond donors (Lipinski definition) is 0. The van der Waals surface area contributed by atoms with Crippen molar-refractivity contribution in [2.45, 2.75) is 71.6 Å². The largest absolute Gasteiger partial charge is 1.00 e. The quantitative estimate of drug-likeness (QED) is 0.536. The van der Waals surface area contributed by atoms with E-state index in [1.165, 1.54) is 6.42 Å². The predicted molar refractivity (Wildman–Crippen MR) is 95.1 cm³/mol. The number of hydrogen-bond acceptors (Lipinski definition) is 0. The smallest absolute Gasteiger partial charge is 1.00 e. The van der Waals surface area contributed by atoms with Crippen LogP contribution in [0.4, 0.5) is 0 Å². The molecule has 4 heteroatoms. The zero-order valence-corrected chi connectivity index (χ0v) is 21.2. The molecule has 2 aliphatic carbocycles. The maximum Gasteiger partial charge on any atom is -1.00 e. The van der Waals surface area contributed by atoms with E-state index in [0.717, 1.165) is 3.63 Å². The Hall–Kier alpha value is 0.640. The van der Waals surface area contributed by atoms with Crippen LogP contribution in [0.2, 0.25) is 16.7 Å². The molecule has 0 heterocycles. The maximum absolute atomic E-state index is 2.63. The molecule has 0 bridgehead atoms. The van der Waals surface area contributed by atoms with Crippen LogP contribution in [0.1, 0.15) is 54.9 Å². The molecule has 0 saturated heterocycles. The monoisotopic (exact) mass is 447 g/mol. The topological polar surface area (TPSA) is 0 Å². The molecule has 0 saturated carbocycles.